The van der Waals surface area contributed by atoms with Gasteiger partial charge in [-0.25, -0.2) is 0 Å². The van der Waals surface area contributed by atoms with Gasteiger partial charge in [-0.15, -0.1) is 0 Å². The van der Waals surface area contributed by atoms with Crippen LogP contribution in [0, 0.1) is 6.92 Å². The number of hydrogen-bond donors (Lipinski definition) is 1. The van der Waals surface area contributed by atoms with Crippen LogP contribution < -0.4 is 9.47 Å². The zero-order chi connectivity index (χ0) is 22.2. The first kappa shape index (κ1) is 20.8. The third kappa shape index (κ3) is 4.24. The SMILES string of the molecule is COc1cc2c(cc1C)C(Cc1ccc(O)cc1)C(c1ccc(C(F)(F)F)cc1)=CO2. The van der Waals surface area contributed by atoms with Crippen LogP contribution in [0.4, 0.5) is 13.2 Å². The number of allylic oxidation sites excluding steroid dienone is 1. The fraction of sp³-hybridized carbons (Fsp3) is 0.200. The van der Waals surface area contributed by atoms with Crippen LogP contribution in [0.15, 0.2) is 66.9 Å². The number of methoxy groups -OCH3 is 1. The van der Waals surface area contributed by atoms with Crippen molar-refractivity contribution in [3.63, 3.8) is 0 Å². The van der Waals surface area contributed by atoms with Crippen LogP contribution in [0.25, 0.3) is 5.57 Å². The van der Waals surface area contributed by atoms with Crippen LogP contribution >= 0.6 is 0 Å². The molecule has 3 aromatic carbocycles. The highest BCUT2D eigenvalue weighted by atomic mass is 19.4. The van der Waals surface area contributed by atoms with Crippen LogP contribution in [0.3, 0.4) is 0 Å². The zero-order valence-electron chi connectivity index (χ0n) is 17.0. The molecule has 6 heteroatoms. The summed E-state index contributed by atoms with van der Waals surface area (Å²) >= 11 is 0. The molecule has 3 aromatic rings. The lowest BCUT2D eigenvalue weighted by atomic mass is 9.81. The molecule has 0 saturated heterocycles. The van der Waals surface area contributed by atoms with Gasteiger partial charge in [0.05, 0.1) is 18.9 Å². The largest absolute Gasteiger partial charge is 0.508 e. The second-order valence-corrected chi connectivity index (χ2v) is 7.55. The second-order valence-electron chi connectivity index (χ2n) is 7.55. The number of halogens is 3. The highest BCUT2D eigenvalue weighted by Gasteiger charge is 2.31. The number of aryl methyl sites for hydroxylation is 1. The van der Waals surface area contributed by atoms with Gasteiger partial charge in [0.2, 0.25) is 0 Å². The molecule has 1 aliphatic rings. The summed E-state index contributed by atoms with van der Waals surface area (Å²) in [6.07, 6.45) is -2.19. The lowest BCUT2D eigenvalue weighted by Gasteiger charge is -2.28. The summed E-state index contributed by atoms with van der Waals surface area (Å²) in [5, 5.41) is 9.60. The van der Waals surface area contributed by atoms with Crippen LogP contribution in [0.2, 0.25) is 0 Å². The molecule has 0 aliphatic carbocycles. The summed E-state index contributed by atoms with van der Waals surface area (Å²) in [5.41, 5.74) is 3.62. The van der Waals surface area contributed by atoms with Gasteiger partial charge >= 0.3 is 6.18 Å². The quantitative estimate of drug-likeness (QED) is 0.518. The van der Waals surface area contributed by atoms with E-state index in [9.17, 15) is 18.3 Å². The third-order valence-corrected chi connectivity index (χ3v) is 5.51. The van der Waals surface area contributed by atoms with Crippen LogP contribution in [-0.4, -0.2) is 12.2 Å². The Hall–Kier alpha value is -3.41. The predicted octanol–water partition coefficient (Wildman–Crippen LogP) is 6.49. The highest BCUT2D eigenvalue weighted by molar-refractivity contribution is 5.75. The molecule has 1 heterocycles. The smallest absolute Gasteiger partial charge is 0.416 e. The molecule has 4 rings (SSSR count). The zero-order valence-corrected chi connectivity index (χ0v) is 17.0. The molecule has 0 bridgehead atoms. The van der Waals surface area contributed by atoms with Gasteiger partial charge in [0.15, 0.2) is 0 Å². The summed E-state index contributed by atoms with van der Waals surface area (Å²) in [6, 6.07) is 15.9. The number of aromatic hydroxyl groups is 1. The first-order valence-corrected chi connectivity index (χ1v) is 9.77. The van der Waals surface area contributed by atoms with Crippen molar-refractivity contribution in [3.05, 3.63) is 94.7 Å². The molecular weight excluding hydrogens is 405 g/mol. The van der Waals surface area contributed by atoms with Crippen LogP contribution in [-0.2, 0) is 12.6 Å². The lowest BCUT2D eigenvalue weighted by Crippen LogP contribution is -2.14. The minimum absolute atomic E-state index is 0.144. The standard InChI is InChI=1S/C25H21F3O3/c1-15-11-21-20(12-16-3-9-19(29)10-4-16)22(14-31-24(21)13-23(15)30-2)17-5-7-18(8-6-17)25(26,27)28/h3-11,13-14,20,29H,12H2,1-2H3. The number of alkyl halides is 3. The first-order chi connectivity index (χ1) is 14.8. The number of phenolic OH excluding ortho intramolecular Hbond substituents is 1. The maximum Gasteiger partial charge on any atom is 0.416 e. The number of phenols is 1. The molecule has 0 fully saturated rings. The van der Waals surface area contributed by atoms with E-state index in [-0.39, 0.29) is 11.7 Å². The average Bonchev–Trinajstić information content (AvgIpc) is 2.75. The molecule has 1 N–H and O–H groups in total. The van der Waals surface area contributed by atoms with E-state index in [2.05, 4.69) is 0 Å². The molecule has 0 radical (unpaired) electrons. The summed E-state index contributed by atoms with van der Waals surface area (Å²) in [5.74, 6) is 1.39. The lowest BCUT2D eigenvalue weighted by molar-refractivity contribution is -0.137. The van der Waals surface area contributed by atoms with Crippen molar-refractivity contribution >= 4 is 5.57 Å². The Morgan fingerprint density at radius 2 is 1.68 bits per heavy atom. The molecule has 1 unspecified atom stereocenters. The molecule has 0 aromatic heterocycles. The van der Waals surface area contributed by atoms with Crippen molar-refractivity contribution < 1.29 is 27.8 Å². The monoisotopic (exact) mass is 426 g/mol. The van der Waals surface area contributed by atoms with Gasteiger partial charge < -0.3 is 14.6 Å². The molecule has 1 atom stereocenters. The maximum absolute atomic E-state index is 13.0. The Balaban J connectivity index is 1.77. The van der Waals surface area contributed by atoms with E-state index in [0.717, 1.165) is 34.4 Å². The minimum atomic E-state index is -4.39. The topological polar surface area (TPSA) is 38.7 Å². The van der Waals surface area contributed by atoms with Crippen molar-refractivity contribution in [3.8, 4) is 17.2 Å². The van der Waals surface area contributed by atoms with Crippen LogP contribution in [0.5, 0.6) is 17.2 Å². The van der Waals surface area contributed by atoms with Gasteiger partial charge in [0, 0.05) is 23.1 Å². The number of ether oxygens (including phenoxy) is 2. The second kappa shape index (κ2) is 8.02. The molecule has 160 valence electrons. The van der Waals surface area contributed by atoms with Crippen LogP contribution in [0.1, 0.15) is 33.7 Å². The number of benzene rings is 3. The summed E-state index contributed by atoms with van der Waals surface area (Å²) < 4.78 is 50.3. The van der Waals surface area contributed by atoms with Gasteiger partial charge in [-0.2, -0.15) is 13.2 Å². The molecule has 31 heavy (non-hydrogen) atoms. The van der Waals surface area contributed by atoms with Gasteiger partial charge in [-0.05, 0) is 60.4 Å². The number of fused-ring (bicyclic) bond motifs is 1. The summed E-state index contributed by atoms with van der Waals surface area (Å²) in [7, 11) is 1.59. The molecular formula is C25H21F3O3. The van der Waals surface area contributed by atoms with Crippen molar-refractivity contribution in [1.82, 2.24) is 0 Å². The molecule has 3 nitrogen and oxygen atoms in total. The minimum Gasteiger partial charge on any atom is -0.508 e. The van der Waals surface area contributed by atoms with E-state index in [1.165, 1.54) is 12.1 Å². The van der Waals surface area contributed by atoms with E-state index in [1.807, 2.05) is 31.2 Å². The number of rotatable bonds is 4. The molecule has 1 aliphatic heterocycles. The molecule has 0 spiro atoms. The third-order valence-electron chi connectivity index (χ3n) is 5.51. The Bertz CT molecular complexity index is 1110. The Kier molecular flexibility index (Phi) is 5.39. The Morgan fingerprint density at radius 3 is 2.29 bits per heavy atom. The Morgan fingerprint density at radius 1 is 1.00 bits per heavy atom. The van der Waals surface area contributed by atoms with Crippen molar-refractivity contribution in [1.29, 1.82) is 0 Å². The van der Waals surface area contributed by atoms with E-state index >= 15 is 0 Å². The van der Waals surface area contributed by atoms with E-state index in [1.54, 1.807) is 25.5 Å². The molecule has 0 amide bonds. The van der Waals surface area contributed by atoms with E-state index < -0.39 is 11.7 Å². The van der Waals surface area contributed by atoms with Gasteiger partial charge in [0.25, 0.3) is 0 Å². The van der Waals surface area contributed by atoms with E-state index in [4.69, 9.17) is 9.47 Å². The van der Waals surface area contributed by atoms with Crippen molar-refractivity contribution in [2.45, 2.75) is 25.4 Å². The maximum atomic E-state index is 13.0. The van der Waals surface area contributed by atoms with Gasteiger partial charge in [-0.1, -0.05) is 24.3 Å². The van der Waals surface area contributed by atoms with Gasteiger partial charge in [-0.3, -0.25) is 0 Å². The number of hydrogen-bond acceptors (Lipinski definition) is 3. The highest BCUT2D eigenvalue weighted by Crippen LogP contribution is 2.45. The summed E-state index contributed by atoms with van der Waals surface area (Å²) in [6.45, 7) is 1.94. The first-order valence-electron chi connectivity index (χ1n) is 9.77. The predicted molar refractivity (Wildman–Crippen MR) is 112 cm³/mol. The fourth-order valence-electron chi connectivity index (χ4n) is 3.87. The van der Waals surface area contributed by atoms with Gasteiger partial charge in [0.1, 0.15) is 17.2 Å². The Labute approximate surface area is 178 Å². The van der Waals surface area contributed by atoms with Crippen molar-refractivity contribution in [2.24, 2.45) is 0 Å². The fourth-order valence-corrected chi connectivity index (χ4v) is 3.87. The average molecular weight is 426 g/mol. The molecule has 0 saturated carbocycles. The van der Waals surface area contributed by atoms with Crippen molar-refractivity contribution in [2.75, 3.05) is 7.11 Å². The van der Waals surface area contributed by atoms with E-state index in [0.29, 0.717) is 23.5 Å². The normalized spacial score (nSPS) is 15.6. The summed E-state index contributed by atoms with van der Waals surface area (Å²) in [4.78, 5) is 0.